The quantitative estimate of drug-likeness (QED) is 0.629. The number of benzene rings is 1. The van der Waals surface area contributed by atoms with Crippen molar-refractivity contribution in [2.24, 2.45) is 5.41 Å². The van der Waals surface area contributed by atoms with Gasteiger partial charge in [0, 0.05) is 12.0 Å². The molecular weight excluding hydrogens is 230 g/mol. The predicted molar refractivity (Wildman–Crippen MR) is 69.0 cm³/mol. The Morgan fingerprint density at radius 3 is 2.67 bits per heavy atom. The number of phenols is 1. The van der Waals surface area contributed by atoms with Crippen LogP contribution >= 0.6 is 0 Å². The number of nitrogens with zero attached hydrogens (tertiary/aromatic N) is 2. The van der Waals surface area contributed by atoms with Crippen LogP contribution in [0, 0.1) is 5.41 Å². The number of aromatic nitrogens is 2. The lowest BCUT2D eigenvalue weighted by atomic mass is 9.92. The van der Waals surface area contributed by atoms with E-state index in [2.05, 4.69) is 30.9 Å². The normalized spacial score (nSPS) is 11.7. The second-order valence-corrected chi connectivity index (χ2v) is 5.53. The molecule has 2 aromatic rings. The first-order valence-corrected chi connectivity index (χ1v) is 5.76. The molecule has 5 heteroatoms. The maximum Gasteiger partial charge on any atom is 0.257 e. The first kappa shape index (κ1) is 12.4. The minimum atomic E-state index is 0.0492. The molecule has 1 aromatic heterocycles. The molecule has 0 spiro atoms. The van der Waals surface area contributed by atoms with E-state index in [9.17, 15) is 5.11 Å². The zero-order valence-corrected chi connectivity index (χ0v) is 10.8. The molecule has 0 fully saturated rings. The molecule has 5 nitrogen and oxygen atoms in total. The highest BCUT2D eigenvalue weighted by Crippen LogP contribution is 2.27. The number of aromatic hydroxyl groups is 1. The fourth-order valence-corrected chi connectivity index (χ4v) is 1.60. The number of nitrogen functional groups attached to an aromatic ring is 1. The molecule has 0 aliphatic heterocycles. The summed E-state index contributed by atoms with van der Waals surface area (Å²) in [7, 11) is 0. The Morgan fingerprint density at radius 2 is 2.06 bits per heavy atom. The molecule has 0 aliphatic rings. The molecular formula is C13H17N3O2. The van der Waals surface area contributed by atoms with Crippen LogP contribution in [0.25, 0.3) is 11.5 Å². The van der Waals surface area contributed by atoms with Crippen LogP contribution < -0.4 is 5.73 Å². The summed E-state index contributed by atoms with van der Waals surface area (Å²) in [4.78, 5) is 4.32. The van der Waals surface area contributed by atoms with Crippen LogP contribution in [0.5, 0.6) is 5.75 Å². The summed E-state index contributed by atoms with van der Waals surface area (Å²) in [6.45, 7) is 6.34. The Balaban J connectivity index is 2.26. The van der Waals surface area contributed by atoms with Crippen LogP contribution in [0.15, 0.2) is 22.7 Å². The van der Waals surface area contributed by atoms with Gasteiger partial charge in [0.1, 0.15) is 5.75 Å². The Kier molecular flexibility index (Phi) is 2.98. The largest absolute Gasteiger partial charge is 0.506 e. The molecule has 0 saturated heterocycles. The molecule has 1 heterocycles. The average molecular weight is 247 g/mol. The van der Waals surface area contributed by atoms with Gasteiger partial charge in [0.15, 0.2) is 5.82 Å². The topological polar surface area (TPSA) is 85.2 Å². The van der Waals surface area contributed by atoms with Gasteiger partial charge in [-0.05, 0) is 23.6 Å². The van der Waals surface area contributed by atoms with Crippen LogP contribution in [0.4, 0.5) is 5.69 Å². The van der Waals surface area contributed by atoms with Gasteiger partial charge in [0.25, 0.3) is 5.89 Å². The summed E-state index contributed by atoms with van der Waals surface area (Å²) >= 11 is 0. The third-order valence-electron chi connectivity index (χ3n) is 2.43. The summed E-state index contributed by atoms with van der Waals surface area (Å²) in [5, 5.41) is 13.3. The van der Waals surface area contributed by atoms with E-state index in [0.717, 1.165) is 6.42 Å². The van der Waals surface area contributed by atoms with Gasteiger partial charge in [0.2, 0.25) is 0 Å². The average Bonchev–Trinajstić information content (AvgIpc) is 2.68. The van der Waals surface area contributed by atoms with Gasteiger partial charge >= 0.3 is 0 Å². The Hall–Kier alpha value is -2.04. The molecule has 3 N–H and O–H groups in total. The molecule has 1 aromatic carbocycles. The second-order valence-electron chi connectivity index (χ2n) is 5.53. The zero-order valence-electron chi connectivity index (χ0n) is 10.8. The van der Waals surface area contributed by atoms with E-state index in [0.29, 0.717) is 23.0 Å². The molecule has 0 radical (unpaired) electrons. The highest BCUT2D eigenvalue weighted by atomic mass is 16.5. The minimum Gasteiger partial charge on any atom is -0.506 e. The second kappa shape index (κ2) is 4.33. The lowest BCUT2D eigenvalue weighted by molar-refractivity contribution is 0.374. The highest BCUT2D eigenvalue weighted by Gasteiger charge is 2.17. The number of hydrogen-bond donors (Lipinski definition) is 2. The smallest absolute Gasteiger partial charge is 0.257 e. The van der Waals surface area contributed by atoms with E-state index in [-0.39, 0.29) is 11.2 Å². The Bertz CT molecular complexity index is 556. The standard InChI is InChI=1S/C13H17N3O2/c1-13(2,3)7-11-15-12(18-16-11)8-4-5-10(17)9(14)6-8/h4-6,17H,7,14H2,1-3H3. The summed E-state index contributed by atoms with van der Waals surface area (Å²) < 4.78 is 5.19. The van der Waals surface area contributed by atoms with E-state index in [1.54, 1.807) is 12.1 Å². The third kappa shape index (κ3) is 2.80. The van der Waals surface area contributed by atoms with Crippen LogP contribution in [0.2, 0.25) is 0 Å². The number of hydrogen-bond acceptors (Lipinski definition) is 5. The van der Waals surface area contributed by atoms with Gasteiger partial charge in [-0.15, -0.1) is 0 Å². The van der Waals surface area contributed by atoms with Crippen LogP contribution in [-0.4, -0.2) is 15.2 Å². The fraction of sp³-hybridized carbons (Fsp3) is 0.385. The van der Waals surface area contributed by atoms with Gasteiger partial charge in [-0.1, -0.05) is 25.9 Å². The summed E-state index contributed by atoms with van der Waals surface area (Å²) in [6.07, 6.45) is 0.740. The first-order chi connectivity index (χ1) is 8.35. The lowest BCUT2D eigenvalue weighted by Crippen LogP contribution is -2.10. The van der Waals surface area contributed by atoms with Crippen molar-refractivity contribution in [1.82, 2.24) is 10.1 Å². The van der Waals surface area contributed by atoms with Crippen molar-refractivity contribution < 1.29 is 9.63 Å². The van der Waals surface area contributed by atoms with Crippen molar-refractivity contribution in [3.8, 4) is 17.2 Å². The maximum atomic E-state index is 9.36. The lowest BCUT2D eigenvalue weighted by Gasteiger charge is -2.14. The summed E-state index contributed by atoms with van der Waals surface area (Å²) in [5.41, 5.74) is 6.73. The SMILES string of the molecule is CC(C)(C)Cc1noc(-c2ccc(O)c(N)c2)n1. The number of anilines is 1. The van der Waals surface area contributed by atoms with E-state index in [1.807, 2.05) is 0 Å². The molecule has 0 atom stereocenters. The van der Waals surface area contributed by atoms with Gasteiger partial charge in [-0.2, -0.15) is 4.98 Å². The molecule has 0 bridgehead atoms. The van der Waals surface area contributed by atoms with Crippen molar-refractivity contribution in [3.05, 3.63) is 24.0 Å². The van der Waals surface area contributed by atoms with Gasteiger partial charge < -0.3 is 15.4 Å². The Morgan fingerprint density at radius 1 is 1.33 bits per heavy atom. The molecule has 96 valence electrons. The van der Waals surface area contributed by atoms with Gasteiger partial charge in [0.05, 0.1) is 5.69 Å². The Labute approximate surface area is 106 Å². The van der Waals surface area contributed by atoms with Crippen molar-refractivity contribution in [1.29, 1.82) is 0 Å². The monoisotopic (exact) mass is 247 g/mol. The fourth-order valence-electron chi connectivity index (χ4n) is 1.60. The molecule has 0 saturated carbocycles. The van der Waals surface area contributed by atoms with E-state index in [4.69, 9.17) is 10.3 Å². The van der Waals surface area contributed by atoms with Crippen molar-refractivity contribution >= 4 is 5.69 Å². The summed E-state index contributed by atoms with van der Waals surface area (Å²) in [5.74, 6) is 1.14. The molecule has 0 aliphatic carbocycles. The van der Waals surface area contributed by atoms with Gasteiger partial charge in [-0.3, -0.25) is 0 Å². The van der Waals surface area contributed by atoms with Crippen molar-refractivity contribution in [3.63, 3.8) is 0 Å². The van der Waals surface area contributed by atoms with Crippen molar-refractivity contribution in [2.75, 3.05) is 5.73 Å². The maximum absolute atomic E-state index is 9.36. The van der Waals surface area contributed by atoms with Crippen LogP contribution in [0.1, 0.15) is 26.6 Å². The molecule has 2 rings (SSSR count). The van der Waals surface area contributed by atoms with Crippen LogP contribution in [-0.2, 0) is 6.42 Å². The number of rotatable bonds is 2. The molecule has 18 heavy (non-hydrogen) atoms. The first-order valence-electron chi connectivity index (χ1n) is 5.76. The van der Waals surface area contributed by atoms with E-state index >= 15 is 0 Å². The van der Waals surface area contributed by atoms with Crippen molar-refractivity contribution in [2.45, 2.75) is 27.2 Å². The highest BCUT2D eigenvalue weighted by molar-refractivity contribution is 5.64. The zero-order chi connectivity index (χ0) is 13.3. The molecule has 0 unspecified atom stereocenters. The number of nitrogens with two attached hydrogens (primary N) is 1. The summed E-state index contributed by atoms with van der Waals surface area (Å²) in [6, 6.07) is 4.82. The number of phenolic OH excluding ortho intramolecular Hbond substituents is 1. The van der Waals surface area contributed by atoms with E-state index in [1.165, 1.54) is 6.07 Å². The molecule has 0 amide bonds. The van der Waals surface area contributed by atoms with Gasteiger partial charge in [-0.25, -0.2) is 0 Å². The minimum absolute atomic E-state index is 0.0492. The van der Waals surface area contributed by atoms with E-state index < -0.39 is 0 Å². The third-order valence-corrected chi connectivity index (χ3v) is 2.43. The predicted octanol–water partition coefficient (Wildman–Crippen LogP) is 2.61. The van der Waals surface area contributed by atoms with Crippen LogP contribution in [0.3, 0.4) is 0 Å².